The smallest absolute Gasteiger partial charge is 0.325 e. The van der Waals surface area contributed by atoms with E-state index in [1.165, 1.54) is 6.20 Å². The van der Waals surface area contributed by atoms with E-state index in [1.54, 1.807) is 24.5 Å². The Kier molecular flexibility index (Phi) is 3.81. The lowest BCUT2D eigenvalue weighted by atomic mass is 10.2. The van der Waals surface area contributed by atoms with Crippen molar-refractivity contribution in [1.82, 2.24) is 25.3 Å². The number of nitrogens with one attached hydrogen (secondary N) is 1. The molecule has 0 bridgehead atoms. The van der Waals surface area contributed by atoms with Crippen LogP contribution in [0.15, 0.2) is 30.7 Å². The van der Waals surface area contributed by atoms with Crippen molar-refractivity contribution in [1.29, 1.82) is 0 Å². The number of hydrogen-bond acceptors (Lipinski definition) is 5. The standard InChI is InChI=1S/C11H11N5O3/c17-10(18)7-16-6-9(14-15-16)11(19)13-5-8-1-3-12-4-2-8/h1-4,6H,5,7H2,(H,13,19)(H,17,18). The molecule has 0 aliphatic carbocycles. The van der Waals surface area contributed by atoms with Crippen molar-refractivity contribution in [3.8, 4) is 0 Å². The summed E-state index contributed by atoms with van der Waals surface area (Å²) in [6, 6.07) is 3.56. The number of amides is 1. The van der Waals surface area contributed by atoms with Crippen LogP contribution in [0.1, 0.15) is 16.1 Å². The van der Waals surface area contributed by atoms with E-state index in [9.17, 15) is 9.59 Å². The lowest BCUT2D eigenvalue weighted by Gasteiger charge is -2.01. The van der Waals surface area contributed by atoms with Crippen LogP contribution in [0.3, 0.4) is 0 Å². The van der Waals surface area contributed by atoms with Gasteiger partial charge in [0.1, 0.15) is 6.54 Å². The van der Waals surface area contributed by atoms with E-state index in [-0.39, 0.29) is 12.2 Å². The van der Waals surface area contributed by atoms with Gasteiger partial charge in [-0.2, -0.15) is 0 Å². The van der Waals surface area contributed by atoms with Crippen LogP contribution in [0.25, 0.3) is 0 Å². The fraction of sp³-hybridized carbons (Fsp3) is 0.182. The number of rotatable bonds is 5. The summed E-state index contributed by atoms with van der Waals surface area (Å²) >= 11 is 0. The average molecular weight is 261 g/mol. The van der Waals surface area contributed by atoms with E-state index in [4.69, 9.17) is 5.11 Å². The minimum atomic E-state index is -1.05. The maximum absolute atomic E-state index is 11.7. The molecule has 0 fully saturated rings. The van der Waals surface area contributed by atoms with Crippen molar-refractivity contribution in [2.45, 2.75) is 13.1 Å². The molecule has 2 N–H and O–H groups in total. The zero-order valence-corrected chi connectivity index (χ0v) is 9.85. The summed E-state index contributed by atoms with van der Waals surface area (Å²) in [5, 5.41) is 18.4. The number of carbonyl (C=O) groups is 2. The van der Waals surface area contributed by atoms with Crippen LogP contribution in [-0.2, 0) is 17.9 Å². The van der Waals surface area contributed by atoms with Gasteiger partial charge in [-0.3, -0.25) is 14.6 Å². The molecular weight excluding hydrogens is 250 g/mol. The van der Waals surface area contributed by atoms with E-state index in [0.717, 1.165) is 10.2 Å². The van der Waals surface area contributed by atoms with Gasteiger partial charge in [0.05, 0.1) is 6.20 Å². The first kappa shape index (κ1) is 12.7. The molecule has 8 heteroatoms. The largest absolute Gasteiger partial charge is 0.480 e. The van der Waals surface area contributed by atoms with E-state index in [0.29, 0.717) is 6.54 Å². The number of carbonyl (C=O) groups excluding carboxylic acids is 1. The molecule has 0 unspecified atom stereocenters. The van der Waals surface area contributed by atoms with Gasteiger partial charge in [-0.15, -0.1) is 5.10 Å². The van der Waals surface area contributed by atoms with Gasteiger partial charge >= 0.3 is 5.97 Å². The third kappa shape index (κ3) is 3.60. The Balaban J connectivity index is 1.93. The third-order valence-corrected chi connectivity index (χ3v) is 2.27. The lowest BCUT2D eigenvalue weighted by Crippen LogP contribution is -2.23. The first-order valence-electron chi connectivity index (χ1n) is 5.44. The van der Waals surface area contributed by atoms with Crippen LogP contribution in [0.4, 0.5) is 0 Å². The molecule has 0 saturated carbocycles. The van der Waals surface area contributed by atoms with Gasteiger partial charge in [0.15, 0.2) is 5.69 Å². The second-order valence-corrected chi connectivity index (χ2v) is 3.73. The minimum Gasteiger partial charge on any atom is -0.480 e. The fourth-order valence-corrected chi connectivity index (χ4v) is 1.39. The highest BCUT2D eigenvalue weighted by Gasteiger charge is 2.11. The Hall–Kier alpha value is -2.77. The average Bonchev–Trinajstić information content (AvgIpc) is 2.85. The summed E-state index contributed by atoms with van der Waals surface area (Å²) < 4.78 is 1.09. The quantitative estimate of drug-likeness (QED) is 0.763. The molecule has 0 saturated heterocycles. The van der Waals surface area contributed by atoms with Crippen molar-refractivity contribution in [2.75, 3.05) is 0 Å². The zero-order chi connectivity index (χ0) is 13.7. The number of carboxylic acids is 1. The first-order chi connectivity index (χ1) is 9.15. The molecule has 0 aliphatic rings. The minimum absolute atomic E-state index is 0.0790. The molecule has 1 amide bonds. The Morgan fingerprint density at radius 1 is 1.32 bits per heavy atom. The summed E-state index contributed by atoms with van der Waals surface area (Å²) in [6.45, 7) is 0.0117. The second-order valence-electron chi connectivity index (χ2n) is 3.73. The maximum Gasteiger partial charge on any atom is 0.325 e. The third-order valence-electron chi connectivity index (χ3n) is 2.27. The highest BCUT2D eigenvalue weighted by molar-refractivity contribution is 5.91. The molecule has 19 heavy (non-hydrogen) atoms. The number of nitrogens with zero attached hydrogens (tertiary/aromatic N) is 4. The second kappa shape index (κ2) is 5.71. The van der Waals surface area contributed by atoms with Crippen LogP contribution >= 0.6 is 0 Å². The molecule has 98 valence electrons. The Morgan fingerprint density at radius 3 is 2.74 bits per heavy atom. The van der Waals surface area contributed by atoms with Crippen LogP contribution in [0.5, 0.6) is 0 Å². The van der Waals surface area contributed by atoms with Gasteiger partial charge in [-0.05, 0) is 17.7 Å². The monoisotopic (exact) mass is 261 g/mol. The molecule has 2 aromatic heterocycles. The van der Waals surface area contributed by atoms with E-state index in [1.807, 2.05) is 0 Å². The molecule has 2 aromatic rings. The van der Waals surface area contributed by atoms with Crippen molar-refractivity contribution in [3.05, 3.63) is 42.0 Å². The maximum atomic E-state index is 11.7. The van der Waals surface area contributed by atoms with Crippen LogP contribution in [-0.4, -0.2) is 37.0 Å². The molecule has 8 nitrogen and oxygen atoms in total. The Labute approximate surface area is 108 Å². The predicted molar refractivity (Wildman–Crippen MR) is 63.1 cm³/mol. The molecule has 0 aliphatic heterocycles. The number of aromatic nitrogens is 4. The van der Waals surface area contributed by atoms with E-state index < -0.39 is 11.9 Å². The summed E-state index contributed by atoms with van der Waals surface area (Å²) in [4.78, 5) is 26.1. The van der Waals surface area contributed by atoms with Crippen molar-refractivity contribution >= 4 is 11.9 Å². The molecule has 0 radical (unpaired) electrons. The Bertz CT molecular complexity index is 581. The van der Waals surface area contributed by atoms with E-state index >= 15 is 0 Å². The van der Waals surface area contributed by atoms with Gasteiger partial charge in [0.25, 0.3) is 5.91 Å². The van der Waals surface area contributed by atoms with Gasteiger partial charge in [-0.1, -0.05) is 5.21 Å². The number of carboxylic acid groups (broad SMARTS) is 1. The first-order valence-corrected chi connectivity index (χ1v) is 5.44. The summed E-state index contributed by atoms with van der Waals surface area (Å²) in [5.41, 5.74) is 0.983. The molecule has 2 heterocycles. The van der Waals surface area contributed by atoms with Crippen LogP contribution in [0.2, 0.25) is 0 Å². The van der Waals surface area contributed by atoms with Crippen molar-refractivity contribution in [2.24, 2.45) is 0 Å². The number of aliphatic carboxylic acids is 1. The van der Waals surface area contributed by atoms with Gasteiger partial charge in [-0.25, -0.2) is 4.68 Å². The van der Waals surface area contributed by atoms with Crippen molar-refractivity contribution in [3.63, 3.8) is 0 Å². The fourth-order valence-electron chi connectivity index (χ4n) is 1.39. The van der Waals surface area contributed by atoms with E-state index in [2.05, 4.69) is 20.6 Å². The van der Waals surface area contributed by atoms with Crippen LogP contribution in [0, 0.1) is 0 Å². The van der Waals surface area contributed by atoms with Gasteiger partial charge in [0, 0.05) is 18.9 Å². The van der Waals surface area contributed by atoms with Crippen LogP contribution < -0.4 is 5.32 Å². The summed E-state index contributed by atoms with van der Waals surface area (Å²) in [7, 11) is 0. The predicted octanol–water partition coefficient (Wildman–Crippen LogP) is -0.312. The molecule has 0 atom stereocenters. The summed E-state index contributed by atoms with van der Waals surface area (Å²) in [6.07, 6.45) is 4.55. The lowest BCUT2D eigenvalue weighted by molar-refractivity contribution is -0.137. The van der Waals surface area contributed by atoms with Gasteiger partial charge in [0.2, 0.25) is 0 Å². The normalized spacial score (nSPS) is 10.1. The SMILES string of the molecule is O=C(O)Cn1cc(C(=O)NCc2ccncc2)nn1. The molecule has 0 spiro atoms. The van der Waals surface area contributed by atoms with Crippen molar-refractivity contribution < 1.29 is 14.7 Å². The topological polar surface area (TPSA) is 110 Å². The highest BCUT2D eigenvalue weighted by atomic mass is 16.4. The molecule has 2 rings (SSSR count). The summed E-state index contributed by atoms with van der Waals surface area (Å²) in [5.74, 6) is -1.46. The number of pyridine rings is 1. The zero-order valence-electron chi connectivity index (χ0n) is 9.85. The highest BCUT2D eigenvalue weighted by Crippen LogP contribution is 1.98. The number of hydrogen-bond donors (Lipinski definition) is 2. The molecular formula is C11H11N5O3. The molecule has 0 aromatic carbocycles. The van der Waals surface area contributed by atoms with Gasteiger partial charge < -0.3 is 10.4 Å². The Morgan fingerprint density at radius 2 is 2.05 bits per heavy atom.